The third-order valence-corrected chi connectivity index (χ3v) is 7.73. The molecule has 6 rings (SSSR count). The Hall–Kier alpha value is -2.83. The summed E-state index contributed by atoms with van der Waals surface area (Å²) in [6, 6.07) is 12.4. The molecule has 3 aliphatic rings. The summed E-state index contributed by atoms with van der Waals surface area (Å²) in [5.41, 5.74) is 13.1. The van der Waals surface area contributed by atoms with Gasteiger partial charge in [0.15, 0.2) is 0 Å². The predicted octanol–water partition coefficient (Wildman–Crippen LogP) is 5.24. The lowest BCUT2D eigenvalue weighted by molar-refractivity contribution is 0.0850. The van der Waals surface area contributed by atoms with Gasteiger partial charge in [-0.3, -0.25) is 0 Å². The minimum absolute atomic E-state index is 0.386. The maximum atomic E-state index is 13.7. The van der Waals surface area contributed by atoms with Gasteiger partial charge in [0.2, 0.25) is 5.95 Å². The van der Waals surface area contributed by atoms with E-state index in [1.54, 1.807) is 6.07 Å². The number of halogens is 1. The van der Waals surface area contributed by atoms with E-state index in [2.05, 4.69) is 33.5 Å². The summed E-state index contributed by atoms with van der Waals surface area (Å²) in [7, 11) is 0. The van der Waals surface area contributed by atoms with Gasteiger partial charge >= 0.3 is 0 Å². The summed E-state index contributed by atoms with van der Waals surface area (Å²) in [5, 5.41) is 3.82. The van der Waals surface area contributed by atoms with Gasteiger partial charge in [-0.05, 0) is 83.9 Å². The van der Waals surface area contributed by atoms with Gasteiger partial charge in [0.1, 0.15) is 5.82 Å². The van der Waals surface area contributed by atoms with Crippen molar-refractivity contribution >= 4 is 5.82 Å². The fourth-order valence-electron chi connectivity index (χ4n) is 5.57. The Labute approximate surface area is 193 Å². The van der Waals surface area contributed by atoms with Gasteiger partial charge in [-0.25, -0.2) is 9.97 Å². The lowest BCUT2D eigenvalue weighted by Gasteiger charge is -2.27. The van der Waals surface area contributed by atoms with Crippen molar-refractivity contribution in [2.45, 2.75) is 44.1 Å². The number of nitrogens with two attached hydrogens (primary N) is 1. The van der Waals surface area contributed by atoms with E-state index >= 15 is 0 Å². The highest BCUT2D eigenvalue weighted by Crippen LogP contribution is 2.55. The zero-order valence-corrected chi connectivity index (χ0v) is 18.7. The third-order valence-electron chi connectivity index (χ3n) is 7.73. The van der Waals surface area contributed by atoms with Crippen molar-refractivity contribution in [2.24, 2.45) is 5.41 Å². The van der Waals surface area contributed by atoms with Crippen LogP contribution in [0.3, 0.4) is 0 Å². The van der Waals surface area contributed by atoms with Gasteiger partial charge in [0.25, 0.3) is 0 Å². The minimum atomic E-state index is -0.526. The van der Waals surface area contributed by atoms with Crippen LogP contribution in [0.1, 0.15) is 55.2 Å². The molecule has 2 aromatic heterocycles. The van der Waals surface area contributed by atoms with Crippen molar-refractivity contribution in [3.63, 3.8) is 0 Å². The second kappa shape index (κ2) is 8.19. The van der Waals surface area contributed by atoms with Gasteiger partial charge in [-0.2, -0.15) is 4.39 Å². The molecular weight excluding hydrogens is 415 g/mol. The Kier molecular flexibility index (Phi) is 5.15. The maximum Gasteiger partial charge on any atom is 0.213 e. The number of anilines is 1. The number of hydrogen-bond acceptors (Lipinski definition) is 5. The number of nitrogen functional groups attached to an aromatic ring is 1. The second-order valence-corrected chi connectivity index (χ2v) is 9.89. The molecule has 3 fully saturated rings. The van der Waals surface area contributed by atoms with Gasteiger partial charge in [0, 0.05) is 55.4 Å². The number of nitrogens with one attached hydrogen (secondary N) is 1. The van der Waals surface area contributed by atoms with E-state index in [0.29, 0.717) is 28.8 Å². The van der Waals surface area contributed by atoms with Crippen molar-refractivity contribution in [3.05, 3.63) is 65.9 Å². The third kappa shape index (κ3) is 4.02. The molecule has 4 heterocycles. The molecule has 0 unspecified atom stereocenters. The molecule has 0 radical (unpaired) electrons. The zero-order valence-electron chi connectivity index (χ0n) is 18.7. The van der Waals surface area contributed by atoms with E-state index < -0.39 is 5.95 Å². The van der Waals surface area contributed by atoms with E-state index in [1.165, 1.54) is 42.7 Å². The molecule has 1 spiro atoms. The highest BCUT2D eigenvalue weighted by molar-refractivity contribution is 5.79. The van der Waals surface area contributed by atoms with Gasteiger partial charge in [-0.15, -0.1) is 0 Å². The molecule has 2 aliphatic heterocycles. The summed E-state index contributed by atoms with van der Waals surface area (Å²) < 4.78 is 19.4. The summed E-state index contributed by atoms with van der Waals surface area (Å²) in [6.07, 6.45) is 9.32. The number of hydrogen-bond donors (Lipinski definition) is 2. The molecule has 2 saturated heterocycles. The van der Waals surface area contributed by atoms with Gasteiger partial charge in [0.05, 0.1) is 0 Å². The minimum Gasteiger partial charge on any atom is -0.383 e. The van der Waals surface area contributed by atoms with Gasteiger partial charge < -0.3 is 15.8 Å². The van der Waals surface area contributed by atoms with E-state index in [9.17, 15) is 4.39 Å². The van der Waals surface area contributed by atoms with Crippen LogP contribution in [0.2, 0.25) is 0 Å². The normalized spacial score (nSPS) is 22.0. The molecule has 3 N–H and O–H groups in total. The number of rotatable bonds is 4. The largest absolute Gasteiger partial charge is 0.383 e. The number of benzene rings is 1. The second-order valence-electron chi connectivity index (χ2n) is 9.89. The average Bonchev–Trinajstić information content (AvgIpc) is 3.48. The molecular formula is C27H29FN4O. The van der Waals surface area contributed by atoms with Gasteiger partial charge in [-0.1, -0.05) is 12.1 Å². The van der Waals surface area contributed by atoms with Crippen LogP contribution in [0, 0.1) is 11.4 Å². The highest BCUT2D eigenvalue weighted by Gasteiger charge is 2.48. The highest BCUT2D eigenvalue weighted by atomic mass is 19.1. The van der Waals surface area contributed by atoms with Crippen molar-refractivity contribution in [1.82, 2.24) is 15.3 Å². The molecule has 0 amide bonds. The zero-order chi connectivity index (χ0) is 22.4. The fourth-order valence-corrected chi connectivity index (χ4v) is 5.57. The molecule has 0 bridgehead atoms. The molecule has 170 valence electrons. The molecule has 1 aliphatic carbocycles. The molecule has 3 aromatic rings. The fraction of sp³-hybridized carbons (Fsp3) is 0.407. The van der Waals surface area contributed by atoms with Crippen LogP contribution in [0.25, 0.3) is 22.3 Å². The Morgan fingerprint density at radius 1 is 0.970 bits per heavy atom. The lowest BCUT2D eigenvalue weighted by Crippen LogP contribution is -2.20. The molecule has 1 saturated carbocycles. The molecule has 33 heavy (non-hydrogen) atoms. The monoisotopic (exact) mass is 444 g/mol. The first-order valence-corrected chi connectivity index (χ1v) is 11.9. The van der Waals surface area contributed by atoms with Crippen molar-refractivity contribution < 1.29 is 9.13 Å². The quantitative estimate of drug-likeness (QED) is 0.539. The Bertz CT molecular complexity index is 1190. The molecule has 6 heteroatoms. The summed E-state index contributed by atoms with van der Waals surface area (Å²) >= 11 is 0. The van der Waals surface area contributed by atoms with E-state index in [-0.39, 0.29) is 0 Å². The van der Waals surface area contributed by atoms with Crippen molar-refractivity contribution in [1.29, 1.82) is 0 Å². The maximum absolute atomic E-state index is 13.7. The Balaban J connectivity index is 1.40. The summed E-state index contributed by atoms with van der Waals surface area (Å²) in [6.45, 7) is 2.79. The molecule has 5 nitrogen and oxygen atoms in total. The SMILES string of the molecule is Nc1ncc(-c2ccc(C3CCOCC3)c([C@H]3CC4(CC4)CN3)c2)cc1-c1ccnc(F)c1. The van der Waals surface area contributed by atoms with Crippen LogP contribution in [0.5, 0.6) is 0 Å². The number of aromatic nitrogens is 2. The van der Waals surface area contributed by atoms with Crippen LogP contribution < -0.4 is 11.1 Å². The van der Waals surface area contributed by atoms with E-state index in [4.69, 9.17) is 10.5 Å². The van der Waals surface area contributed by atoms with Crippen LogP contribution in [0.4, 0.5) is 10.2 Å². The lowest BCUT2D eigenvalue weighted by atomic mass is 9.83. The van der Waals surface area contributed by atoms with Crippen LogP contribution >= 0.6 is 0 Å². The first-order chi connectivity index (χ1) is 16.1. The molecule has 1 aromatic carbocycles. The average molecular weight is 445 g/mol. The summed E-state index contributed by atoms with van der Waals surface area (Å²) in [5.74, 6) is 0.401. The van der Waals surface area contributed by atoms with E-state index in [0.717, 1.165) is 49.3 Å². The standard InChI is InChI=1S/C27H29FN4O/c28-25-13-19(3-8-30-25)22-12-20(15-31-26(22)29)18-1-2-21(17-4-9-33-10-5-17)23(11-18)24-14-27(6-7-27)16-32-24/h1-3,8,11-13,15,17,24,32H,4-7,9-10,14,16H2,(H2,29,31)/t24-/m1/s1. The summed E-state index contributed by atoms with van der Waals surface area (Å²) in [4.78, 5) is 8.10. The number of nitrogens with zero attached hydrogens (tertiary/aromatic N) is 2. The first kappa shape index (κ1) is 20.8. The number of ether oxygens (including phenoxy) is 1. The predicted molar refractivity (Wildman–Crippen MR) is 127 cm³/mol. The smallest absolute Gasteiger partial charge is 0.213 e. The van der Waals surface area contributed by atoms with Crippen molar-refractivity contribution in [3.8, 4) is 22.3 Å². The Morgan fingerprint density at radius 3 is 2.58 bits per heavy atom. The van der Waals surface area contributed by atoms with Crippen molar-refractivity contribution in [2.75, 3.05) is 25.5 Å². The van der Waals surface area contributed by atoms with Crippen LogP contribution in [-0.2, 0) is 4.74 Å². The van der Waals surface area contributed by atoms with E-state index in [1.807, 2.05) is 12.3 Å². The van der Waals surface area contributed by atoms with Crippen LogP contribution in [0.15, 0.2) is 48.8 Å². The first-order valence-electron chi connectivity index (χ1n) is 11.9. The topological polar surface area (TPSA) is 73.1 Å². The number of pyridine rings is 2. The van der Waals surface area contributed by atoms with Crippen LogP contribution in [-0.4, -0.2) is 29.7 Å². The molecule has 1 atom stereocenters. The Morgan fingerprint density at radius 2 is 1.82 bits per heavy atom.